The molecule has 5 nitrogen and oxygen atoms in total. The molecule has 0 spiro atoms. The van der Waals surface area contributed by atoms with Crippen molar-refractivity contribution in [1.29, 1.82) is 0 Å². The molecule has 0 saturated carbocycles. The summed E-state index contributed by atoms with van der Waals surface area (Å²) in [5.41, 5.74) is 6.99. The maximum atomic E-state index is 12.4. The van der Waals surface area contributed by atoms with Gasteiger partial charge in [0.15, 0.2) is 0 Å². The number of halogens is 2. The van der Waals surface area contributed by atoms with Gasteiger partial charge >= 0.3 is 0 Å². The molecule has 1 aromatic heterocycles. The van der Waals surface area contributed by atoms with Crippen LogP contribution in [0.4, 0.5) is 0 Å². The Kier molecular flexibility index (Phi) is 7.74. The van der Waals surface area contributed by atoms with Crippen molar-refractivity contribution < 1.29 is 4.79 Å². The lowest BCUT2D eigenvalue weighted by Gasteiger charge is -2.47. The molecule has 2 aliphatic heterocycles. The summed E-state index contributed by atoms with van der Waals surface area (Å²) in [4.78, 5) is 19.0. The highest BCUT2D eigenvalue weighted by Gasteiger charge is 2.36. The molecule has 130 valence electrons. The van der Waals surface area contributed by atoms with Gasteiger partial charge in [0.2, 0.25) is 0 Å². The van der Waals surface area contributed by atoms with E-state index in [1.807, 2.05) is 0 Å². The Hall–Kier alpha value is -0.880. The number of rotatable bonds is 3. The van der Waals surface area contributed by atoms with Crippen LogP contribution >= 0.6 is 24.8 Å². The molecule has 1 amide bonds. The minimum Gasteiger partial charge on any atom is -0.349 e. The fraction of sp³-hybridized carbons (Fsp3) is 0.625. The van der Waals surface area contributed by atoms with E-state index < -0.39 is 0 Å². The third-order valence-corrected chi connectivity index (χ3v) is 4.96. The Labute approximate surface area is 150 Å². The summed E-state index contributed by atoms with van der Waals surface area (Å²) in [5, 5.41) is 3.20. The molecule has 2 aliphatic rings. The molecule has 2 saturated heterocycles. The van der Waals surface area contributed by atoms with Crippen molar-refractivity contribution in [3.05, 3.63) is 29.6 Å². The van der Waals surface area contributed by atoms with E-state index in [9.17, 15) is 4.79 Å². The van der Waals surface area contributed by atoms with Crippen molar-refractivity contribution in [3.63, 3.8) is 0 Å². The number of hydrogen-bond donors (Lipinski definition) is 2. The maximum absolute atomic E-state index is 12.4. The quantitative estimate of drug-likeness (QED) is 0.865. The summed E-state index contributed by atoms with van der Waals surface area (Å²) in [7, 11) is 2.23. The highest BCUT2D eigenvalue weighted by molar-refractivity contribution is 5.94. The second-order valence-corrected chi connectivity index (χ2v) is 6.29. The number of carbonyl (C=O) groups is 1. The second kappa shape index (κ2) is 8.83. The zero-order chi connectivity index (χ0) is 14.8. The number of nitrogens with two attached hydrogens (primary N) is 1. The lowest BCUT2D eigenvalue weighted by atomic mass is 9.82. The predicted molar refractivity (Wildman–Crippen MR) is 96.3 cm³/mol. The first-order chi connectivity index (χ1) is 10.2. The molecular weight excluding hydrogens is 335 g/mol. The lowest BCUT2D eigenvalue weighted by Crippen LogP contribution is -2.55. The number of nitrogens with one attached hydrogen (secondary N) is 1. The number of hydrogen-bond acceptors (Lipinski definition) is 4. The van der Waals surface area contributed by atoms with Crippen molar-refractivity contribution in [3.8, 4) is 0 Å². The third kappa shape index (κ3) is 4.57. The Morgan fingerprint density at radius 3 is 2.61 bits per heavy atom. The van der Waals surface area contributed by atoms with Crippen LogP contribution in [-0.2, 0) is 6.54 Å². The van der Waals surface area contributed by atoms with Crippen LogP contribution in [0.15, 0.2) is 18.3 Å². The van der Waals surface area contributed by atoms with Crippen LogP contribution in [0.5, 0.6) is 0 Å². The molecule has 0 aromatic carbocycles. The molecule has 0 aliphatic carbocycles. The summed E-state index contributed by atoms with van der Waals surface area (Å²) in [6.45, 7) is 0.361. The largest absolute Gasteiger partial charge is 0.349 e. The van der Waals surface area contributed by atoms with Crippen molar-refractivity contribution in [2.24, 2.45) is 5.73 Å². The maximum Gasteiger partial charge on any atom is 0.251 e. The smallest absolute Gasteiger partial charge is 0.251 e. The average molecular weight is 361 g/mol. The molecule has 23 heavy (non-hydrogen) atoms. The molecule has 2 unspecified atom stereocenters. The van der Waals surface area contributed by atoms with E-state index in [0.717, 1.165) is 18.5 Å². The normalized spacial score (nSPS) is 26.6. The zero-order valence-electron chi connectivity index (χ0n) is 13.4. The highest BCUT2D eigenvalue weighted by Crippen LogP contribution is 2.32. The highest BCUT2D eigenvalue weighted by atomic mass is 35.5. The molecule has 0 radical (unpaired) electrons. The standard InChI is InChI=1S/C16H24N4O.2ClH/c1-20-14-3-2-4-15(20)9-12(8-14)19-16(21)11-5-6-18-13(7-11)10-17;;/h5-7,12,14-15H,2-4,8-10,17H2,1H3,(H,19,21);2*1H. The van der Waals surface area contributed by atoms with Crippen LogP contribution in [0.1, 0.15) is 48.2 Å². The molecule has 3 rings (SSSR count). The summed E-state index contributed by atoms with van der Waals surface area (Å²) in [6.07, 6.45) is 7.62. The number of fused-ring (bicyclic) bond motifs is 2. The van der Waals surface area contributed by atoms with Crippen LogP contribution in [0.2, 0.25) is 0 Å². The van der Waals surface area contributed by atoms with Gasteiger partial charge in [-0.1, -0.05) is 6.42 Å². The van der Waals surface area contributed by atoms with Crippen LogP contribution in [0.3, 0.4) is 0 Å². The first-order valence-electron chi connectivity index (χ1n) is 7.85. The molecule has 7 heteroatoms. The van der Waals surface area contributed by atoms with Gasteiger partial charge in [0, 0.05) is 36.4 Å². The zero-order valence-corrected chi connectivity index (χ0v) is 15.0. The second-order valence-electron chi connectivity index (χ2n) is 6.29. The third-order valence-electron chi connectivity index (χ3n) is 4.96. The van der Waals surface area contributed by atoms with Gasteiger partial charge in [0.25, 0.3) is 5.91 Å². The molecule has 3 N–H and O–H groups in total. The summed E-state index contributed by atoms with van der Waals surface area (Å²) >= 11 is 0. The molecular formula is C16H26Cl2N4O. The van der Waals surface area contributed by atoms with Gasteiger partial charge < -0.3 is 16.0 Å². The minimum atomic E-state index is -0.000253. The Bertz CT molecular complexity index is 515. The predicted octanol–water partition coefficient (Wildman–Crippen LogP) is 2.13. The van der Waals surface area contributed by atoms with Gasteiger partial charge in [0.1, 0.15) is 0 Å². The van der Waals surface area contributed by atoms with Crippen molar-refractivity contribution in [1.82, 2.24) is 15.2 Å². The van der Waals surface area contributed by atoms with Gasteiger partial charge in [0.05, 0.1) is 5.69 Å². The van der Waals surface area contributed by atoms with Crippen LogP contribution in [0.25, 0.3) is 0 Å². The number of pyridine rings is 1. The topological polar surface area (TPSA) is 71.2 Å². The number of piperidine rings is 2. The van der Waals surface area contributed by atoms with Gasteiger partial charge in [-0.05, 0) is 44.9 Å². The van der Waals surface area contributed by atoms with E-state index >= 15 is 0 Å². The van der Waals surface area contributed by atoms with Crippen molar-refractivity contribution in [2.75, 3.05) is 7.05 Å². The van der Waals surface area contributed by atoms with E-state index in [0.29, 0.717) is 30.2 Å². The number of amides is 1. The summed E-state index contributed by atoms with van der Waals surface area (Å²) in [5.74, 6) is -0.000253. The first-order valence-corrected chi connectivity index (χ1v) is 7.85. The Balaban J connectivity index is 0.00000132. The Morgan fingerprint density at radius 2 is 2.00 bits per heavy atom. The fourth-order valence-corrected chi connectivity index (χ4v) is 3.73. The summed E-state index contributed by atoms with van der Waals surface area (Å²) < 4.78 is 0. The van der Waals surface area contributed by atoms with Gasteiger partial charge in [-0.3, -0.25) is 9.78 Å². The number of aromatic nitrogens is 1. The van der Waals surface area contributed by atoms with E-state index in [1.165, 1.54) is 19.3 Å². The Morgan fingerprint density at radius 1 is 1.35 bits per heavy atom. The van der Waals surface area contributed by atoms with E-state index in [1.54, 1.807) is 18.3 Å². The van der Waals surface area contributed by atoms with E-state index in [-0.39, 0.29) is 30.7 Å². The van der Waals surface area contributed by atoms with Crippen LogP contribution in [-0.4, -0.2) is 41.0 Å². The minimum absolute atomic E-state index is 0. The van der Waals surface area contributed by atoms with Crippen LogP contribution < -0.4 is 11.1 Å². The fourth-order valence-electron chi connectivity index (χ4n) is 3.73. The average Bonchev–Trinajstić information content (AvgIpc) is 2.48. The SMILES string of the molecule is CN1C2CCCC1CC(NC(=O)c1ccnc(CN)c1)C2.Cl.Cl. The molecule has 2 atom stereocenters. The summed E-state index contributed by atoms with van der Waals surface area (Å²) in [6, 6.07) is 5.08. The number of nitrogens with zero attached hydrogens (tertiary/aromatic N) is 2. The van der Waals surface area contributed by atoms with E-state index in [4.69, 9.17) is 5.73 Å². The molecule has 2 fully saturated rings. The monoisotopic (exact) mass is 360 g/mol. The molecule has 1 aromatic rings. The van der Waals surface area contributed by atoms with Crippen molar-refractivity contribution >= 4 is 30.7 Å². The lowest BCUT2D eigenvalue weighted by molar-refractivity contribution is 0.0463. The van der Waals surface area contributed by atoms with Gasteiger partial charge in [-0.15, -0.1) is 24.8 Å². The van der Waals surface area contributed by atoms with Gasteiger partial charge in [-0.25, -0.2) is 0 Å². The first kappa shape index (κ1) is 20.2. The van der Waals surface area contributed by atoms with E-state index in [2.05, 4.69) is 22.2 Å². The van der Waals surface area contributed by atoms with Gasteiger partial charge in [-0.2, -0.15) is 0 Å². The molecule has 2 bridgehead atoms. The number of carbonyl (C=O) groups excluding carboxylic acids is 1. The molecule has 3 heterocycles. The van der Waals surface area contributed by atoms with Crippen molar-refractivity contribution in [2.45, 2.75) is 56.8 Å². The van der Waals surface area contributed by atoms with Crippen LogP contribution in [0, 0.1) is 0 Å².